The highest BCUT2D eigenvalue weighted by atomic mass is 32.2. The number of amides is 1. The second kappa shape index (κ2) is 5.77. The first-order valence-corrected chi connectivity index (χ1v) is 11.2. The van der Waals surface area contributed by atoms with Crippen LogP contribution in [0.2, 0.25) is 0 Å². The van der Waals surface area contributed by atoms with Crippen molar-refractivity contribution in [3.63, 3.8) is 0 Å². The van der Waals surface area contributed by atoms with Gasteiger partial charge in [-0.15, -0.1) is 0 Å². The van der Waals surface area contributed by atoms with Crippen molar-refractivity contribution in [2.75, 3.05) is 24.6 Å². The Balaban J connectivity index is 1.50. The molecule has 6 rings (SSSR count). The Labute approximate surface area is 155 Å². The molecule has 4 aliphatic carbocycles. The minimum atomic E-state index is -0.0447. The molecule has 3 heteroatoms. The van der Waals surface area contributed by atoms with E-state index in [0.717, 1.165) is 42.9 Å². The van der Waals surface area contributed by atoms with Crippen molar-refractivity contribution in [3.8, 4) is 0 Å². The quantitative estimate of drug-likeness (QED) is 0.783. The lowest BCUT2D eigenvalue weighted by Gasteiger charge is -2.62. The van der Waals surface area contributed by atoms with E-state index in [2.05, 4.69) is 36.1 Å². The maximum Gasteiger partial charge on any atom is 0.228 e. The van der Waals surface area contributed by atoms with Gasteiger partial charge in [-0.25, -0.2) is 0 Å². The predicted octanol–water partition coefficient (Wildman–Crippen LogP) is 4.41. The zero-order valence-electron chi connectivity index (χ0n) is 15.3. The van der Waals surface area contributed by atoms with Crippen molar-refractivity contribution < 1.29 is 4.79 Å². The highest BCUT2D eigenvalue weighted by Gasteiger charge is 2.61. The van der Waals surface area contributed by atoms with Crippen LogP contribution in [-0.4, -0.2) is 35.4 Å². The molecular weight excluding hydrogens is 326 g/mol. The lowest BCUT2D eigenvalue weighted by molar-refractivity contribution is -0.160. The second-order valence-electron chi connectivity index (χ2n) is 9.29. The Kier molecular flexibility index (Phi) is 3.75. The minimum absolute atomic E-state index is 0.0447. The van der Waals surface area contributed by atoms with E-state index in [4.69, 9.17) is 0 Å². The van der Waals surface area contributed by atoms with Gasteiger partial charge in [0.15, 0.2) is 0 Å². The third-order valence-corrected chi connectivity index (χ3v) is 8.42. The zero-order chi connectivity index (χ0) is 17.1. The Morgan fingerprint density at radius 3 is 2.32 bits per heavy atom. The fourth-order valence-corrected chi connectivity index (χ4v) is 7.76. The summed E-state index contributed by atoms with van der Waals surface area (Å²) in [5.41, 5.74) is 3.08. The van der Waals surface area contributed by atoms with Crippen molar-refractivity contribution in [1.82, 2.24) is 4.90 Å². The SMILES string of the molecule is Cc1ccc(C23CC4CC(CC(C(=O)N5CCSCC5)(C4)C2)C3)cc1. The van der Waals surface area contributed by atoms with Gasteiger partial charge < -0.3 is 4.90 Å². The van der Waals surface area contributed by atoms with Gasteiger partial charge in [0.2, 0.25) is 5.91 Å². The molecule has 1 amide bonds. The normalized spacial score (nSPS) is 39.6. The maximum atomic E-state index is 13.6. The van der Waals surface area contributed by atoms with E-state index in [9.17, 15) is 4.79 Å². The highest BCUT2D eigenvalue weighted by Crippen LogP contribution is 2.66. The summed E-state index contributed by atoms with van der Waals surface area (Å²) in [5, 5.41) is 0. The number of carbonyl (C=O) groups excluding carboxylic acids is 1. The molecule has 5 fully saturated rings. The highest BCUT2D eigenvalue weighted by molar-refractivity contribution is 7.99. The van der Waals surface area contributed by atoms with Gasteiger partial charge in [-0.2, -0.15) is 11.8 Å². The summed E-state index contributed by atoms with van der Waals surface area (Å²) in [6.45, 7) is 4.11. The topological polar surface area (TPSA) is 20.3 Å². The van der Waals surface area contributed by atoms with Gasteiger partial charge >= 0.3 is 0 Å². The third-order valence-electron chi connectivity index (χ3n) is 7.48. The van der Waals surface area contributed by atoms with Crippen LogP contribution < -0.4 is 0 Å². The summed E-state index contributed by atoms with van der Waals surface area (Å²) in [5.74, 6) is 4.30. The molecule has 2 nitrogen and oxygen atoms in total. The minimum Gasteiger partial charge on any atom is -0.341 e. The van der Waals surface area contributed by atoms with Gasteiger partial charge in [0, 0.05) is 24.6 Å². The number of aryl methyl sites for hydroxylation is 1. The summed E-state index contributed by atoms with van der Waals surface area (Å²) in [4.78, 5) is 15.8. The number of benzene rings is 1. The zero-order valence-corrected chi connectivity index (χ0v) is 16.1. The maximum absolute atomic E-state index is 13.6. The summed E-state index contributed by atoms with van der Waals surface area (Å²) >= 11 is 2.00. The number of rotatable bonds is 2. The third kappa shape index (κ3) is 2.57. The molecule has 1 heterocycles. The molecule has 1 aromatic rings. The van der Waals surface area contributed by atoms with Crippen LogP contribution in [0.5, 0.6) is 0 Å². The van der Waals surface area contributed by atoms with Gasteiger partial charge in [0.25, 0.3) is 0 Å². The second-order valence-corrected chi connectivity index (χ2v) is 10.5. The number of carbonyl (C=O) groups is 1. The van der Waals surface area contributed by atoms with Crippen molar-refractivity contribution in [2.24, 2.45) is 17.3 Å². The van der Waals surface area contributed by atoms with Crippen LogP contribution in [-0.2, 0) is 10.2 Å². The number of hydrogen-bond acceptors (Lipinski definition) is 2. The van der Waals surface area contributed by atoms with E-state index in [1.165, 1.54) is 43.2 Å². The molecule has 0 aromatic heterocycles. The standard InChI is InChI=1S/C22H29NOS/c1-16-2-4-19(5-3-16)21-11-17-10-18(12-21)14-22(13-17,15-21)20(24)23-6-8-25-9-7-23/h2-5,17-18H,6-15H2,1H3. The average molecular weight is 356 g/mol. The van der Waals surface area contributed by atoms with E-state index >= 15 is 0 Å². The lowest BCUT2D eigenvalue weighted by Crippen LogP contribution is -2.60. The van der Waals surface area contributed by atoms with Crippen LogP contribution >= 0.6 is 11.8 Å². The van der Waals surface area contributed by atoms with E-state index < -0.39 is 0 Å². The van der Waals surface area contributed by atoms with Gasteiger partial charge in [0.1, 0.15) is 0 Å². The van der Waals surface area contributed by atoms with Crippen LogP contribution in [0.4, 0.5) is 0 Å². The van der Waals surface area contributed by atoms with E-state index in [0.29, 0.717) is 5.91 Å². The molecule has 4 bridgehead atoms. The molecule has 2 atom stereocenters. The molecule has 25 heavy (non-hydrogen) atoms. The average Bonchev–Trinajstić information content (AvgIpc) is 2.61. The van der Waals surface area contributed by atoms with Crippen molar-refractivity contribution in [2.45, 2.75) is 50.9 Å². The molecule has 0 N–H and O–H groups in total. The molecular formula is C22H29NOS. The first-order chi connectivity index (χ1) is 12.1. The predicted molar refractivity (Wildman–Crippen MR) is 104 cm³/mol. The molecule has 1 aromatic carbocycles. The molecule has 1 aliphatic heterocycles. The smallest absolute Gasteiger partial charge is 0.228 e. The van der Waals surface area contributed by atoms with Crippen molar-refractivity contribution in [1.29, 1.82) is 0 Å². The van der Waals surface area contributed by atoms with Crippen LogP contribution in [0.25, 0.3) is 0 Å². The number of hydrogen-bond donors (Lipinski definition) is 0. The summed E-state index contributed by atoms with van der Waals surface area (Å²) in [6.07, 6.45) is 7.45. The van der Waals surface area contributed by atoms with Gasteiger partial charge in [-0.05, 0) is 68.3 Å². The molecule has 5 aliphatic rings. The monoisotopic (exact) mass is 355 g/mol. The summed E-state index contributed by atoms with van der Waals surface area (Å²) in [7, 11) is 0. The number of thioether (sulfide) groups is 1. The van der Waals surface area contributed by atoms with E-state index in [-0.39, 0.29) is 10.8 Å². The largest absolute Gasteiger partial charge is 0.341 e. The molecule has 2 unspecified atom stereocenters. The van der Waals surface area contributed by atoms with Crippen molar-refractivity contribution >= 4 is 17.7 Å². The lowest BCUT2D eigenvalue weighted by atomic mass is 9.42. The fraction of sp³-hybridized carbons (Fsp3) is 0.682. The van der Waals surface area contributed by atoms with Gasteiger partial charge in [-0.3, -0.25) is 4.79 Å². The molecule has 4 saturated carbocycles. The van der Waals surface area contributed by atoms with E-state index in [1.807, 2.05) is 11.8 Å². The molecule has 0 radical (unpaired) electrons. The summed E-state index contributed by atoms with van der Waals surface area (Å²) in [6, 6.07) is 9.25. The van der Waals surface area contributed by atoms with Gasteiger partial charge in [0.05, 0.1) is 5.41 Å². The Hall–Kier alpha value is -0.960. The van der Waals surface area contributed by atoms with Crippen LogP contribution in [0.15, 0.2) is 24.3 Å². The Bertz CT molecular complexity index is 662. The molecule has 134 valence electrons. The molecule has 1 saturated heterocycles. The summed E-state index contributed by atoms with van der Waals surface area (Å²) < 4.78 is 0. The van der Waals surface area contributed by atoms with Crippen LogP contribution in [0.1, 0.15) is 49.7 Å². The number of nitrogens with zero attached hydrogens (tertiary/aromatic N) is 1. The van der Waals surface area contributed by atoms with E-state index in [1.54, 1.807) is 0 Å². The first-order valence-electron chi connectivity index (χ1n) is 10.0. The Morgan fingerprint density at radius 2 is 1.68 bits per heavy atom. The van der Waals surface area contributed by atoms with Crippen LogP contribution in [0.3, 0.4) is 0 Å². The Morgan fingerprint density at radius 1 is 1.04 bits per heavy atom. The molecule has 0 spiro atoms. The fourth-order valence-electron chi connectivity index (χ4n) is 6.86. The first kappa shape index (κ1) is 16.2. The van der Waals surface area contributed by atoms with Crippen LogP contribution in [0, 0.1) is 24.2 Å². The van der Waals surface area contributed by atoms with Gasteiger partial charge in [-0.1, -0.05) is 29.8 Å². The van der Waals surface area contributed by atoms with Crippen molar-refractivity contribution in [3.05, 3.63) is 35.4 Å².